The maximum atomic E-state index is 12.7. The van der Waals surface area contributed by atoms with Gasteiger partial charge in [-0.05, 0) is 11.6 Å². The molecule has 9 heteroatoms. The number of carbonyl (C=O) groups excluding carboxylic acids is 2. The second kappa shape index (κ2) is 9.02. The van der Waals surface area contributed by atoms with Gasteiger partial charge in [0, 0.05) is 31.8 Å². The molecule has 0 atom stereocenters. The fourth-order valence-electron chi connectivity index (χ4n) is 2.23. The van der Waals surface area contributed by atoms with Gasteiger partial charge in [0.2, 0.25) is 11.8 Å². The molecule has 0 unspecified atom stereocenters. The second-order valence-electron chi connectivity index (χ2n) is 5.72. The fraction of sp³-hybridized carbons (Fsp3) is 0.278. The summed E-state index contributed by atoms with van der Waals surface area (Å²) in [5.74, 6) is -1.21. The molecule has 2 rings (SSSR count). The number of nitrogens with zero attached hydrogens (tertiary/aromatic N) is 2. The molecule has 0 aliphatic rings. The number of alkyl halides is 3. The van der Waals surface area contributed by atoms with E-state index in [1.54, 1.807) is 0 Å². The molecule has 0 radical (unpaired) electrons. The molecule has 1 aromatic carbocycles. The number of nitrogens with two attached hydrogens (primary N) is 1. The first-order valence-electron chi connectivity index (χ1n) is 8.02. The van der Waals surface area contributed by atoms with Crippen LogP contribution in [0.4, 0.5) is 13.2 Å². The zero-order chi connectivity index (χ0) is 19.9. The number of hydrogen-bond donors (Lipinski definition) is 1. The van der Waals surface area contributed by atoms with E-state index in [0.717, 1.165) is 11.8 Å². The molecule has 0 saturated heterocycles. The van der Waals surface area contributed by atoms with Crippen LogP contribution in [0.2, 0.25) is 0 Å². The van der Waals surface area contributed by atoms with Crippen molar-refractivity contribution in [3.05, 3.63) is 59.8 Å². The number of halogens is 3. The summed E-state index contributed by atoms with van der Waals surface area (Å²) in [6, 6.07) is 11.6. The molecule has 0 saturated carbocycles. The van der Waals surface area contributed by atoms with Gasteiger partial charge in [0.1, 0.15) is 0 Å². The molecule has 1 aromatic heterocycles. The van der Waals surface area contributed by atoms with Gasteiger partial charge < -0.3 is 15.4 Å². The number of amides is 2. The van der Waals surface area contributed by atoms with Crippen molar-refractivity contribution in [3.8, 4) is 5.88 Å². The summed E-state index contributed by atoms with van der Waals surface area (Å²) in [6.45, 7) is -1.11. The molecule has 0 bridgehead atoms. The van der Waals surface area contributed by atoms with E-state index in [2.05, 4.69) is 9.72 Å². The average Bonchev–Trinajstić information content (AvgIpc) is 2.63. The highest BCUT2D eigenvalue weighted by Gasteiger charge is 2.28. The largest absolute Gasteiger partial charge is 0.468 e. The van der Waals surface area contributed by atoms with Crippen LogP contribution in [-0.4, -0.2) is 41.0 Å². The molecule has 1 heterocycles. The predicted octanol–water partition coefficient (Wildman–Crippen LogP) is 2.54. The highest BCUT2D eigenvalue weighted by atomic mass is 19.4. The highest BCUT2D eigenvalue weighted by molar-refractivity contribution is 5.94. The Morgan fingerprint density at radius 1 is 1.11 bits per heavy atom. The number of benzene rings is 1. The zero-order valence-corrected chi connectivity index (χ0v) is 14.3. The van der Waals surface area contributed by atoms with Gasteiger partial charge in [0.05, 0.1) is 5.56 Å². The van der Waals surface area contributed by atoms with Crippen molar-refractivity contribution in [2.75, 3.05) is 13.2 Å². The Bertz CT molecular complexity index is 765. The van der Waals surface area contributed by atoms with E-state index in [0.29, 0.717) is 0 Å². The summed E-state index contributed by atoms with van der Waals surface area (Å²) < 4.78 is 41.0. The van der Waals surface area contributed by atoms with Gasteiger partial charge in [-0.2, -0.15) is 13.2 Å². The van der Waals surface area contributed by atoms with Crippen molar-refractivity contribution < 1.29 is 27.5 Å². The number of aromatic nitrogens is 1. The summed E-state index contributed by atoms with van der Waals surface area (Å²) in [7, 11) is 0. The van der Waals surface area contributed by atoms with Crippen LogP contribution in [0.5, 0.6) is 5.88 Å². The van der Waals surface area contributed by atoms with Gasteiger partial charge in [-0.25, -0.2) is 4.98 Å². The third-order valence-corrected chi connectivity index (χ3v) is 3.50. The lowest BCUT2D eigenvalue weighted by atomic mass is 10.1. The van der Waals surface area contributed by atoms with E-state index in [4.69, 9.17) is 5.73 Å². The van der Waals surface area contributed by atoms with Crippen molar-refractivity contribution in [2.24, 2.45) is 5.73 Å². The Balaban J connectivity index is 2.09. The Morgan fingerprint density at radius 2 is 1.81 bits per heavy atom. The monoisotopic (exact) mass is 381 g/mol. The van der Waals surface area contributed by atoms with Gasteiger partial charge >= 0.3 is 6.18 Å². The molecule has 2 aromatic rings. The maximum absolute atomic E-state index is 12.7. The van der Waals surface area contributed by atoms with Crippen LogP contribution in [0.25, 0.3) is 0 Å². The van der Waals surface area contributed by atoms with Gasteiger partial charge in [-0.1, -0.05) is 30.3 Å². The minimum atomic E-state index is -4.47. The molecule has 0 fully saturated rings. The molecule has 0 aliphatic carbocycles. The first kappa shape index (κ1) is 20.2. The van der Waals surface area contributed by atoms with E-state index >= 15 is 0 Å². The van der Waals surface area contributed by atoms with Crippen LogP contribution < -0.4 is 10.5 Å². The van der Waals surface area contributed by atoms with E-state index in [-0.39, 0.29) is 31.0 Å². The standard InChI is InChI=1S/C18H18F3N3O3/c19-18(20,21)12-27-16-7-6-14(10-23-16)17(26)24(9-8-15(22)25)11-13-4-2-1-3-5-13/h1-7,10H,8-9,11-12H2,(H2,22,25). The summed E-state index contributed by atoms with van der Waals surface area (Å²) in [6.07, 6.45) is -3.35. The van der Waals surface area contributed by atoms with E-state index in [1.165, 1.54) is 17.0 Å². The molecule has 27 heavy (non-hydrogen) atoms. The molecule has 2 N–H and O–H groups in total. The minimum absolute atomic E-state index is 0.0151. The Morgan fingerprint density at radius 3 is 2.37 bits per heavy atom. The number of ether oxygens (including phenoxy) is 1. The first-order valence-corrected chi connectivity index (χ1v) is 8.02. The molecule has 0 spiro atoms. The lowest BCUT2D eigenvalue weighted by molar-refractivity contribution is -0.154. The SMILES string of the molecule is NC(=O)CCN(Cc1ccccc1)C(=O)c1ccc(OCC(F)(F)F)nc1. The summed E-state index contributed by atoms with van der Waals surface area (Å²) in [5, 5.41) is 0. The molecular formula is C18H18F3N3O3. The van der Waals surface area contributed by atoms with E-state index in [9.17, 15) is 22.8 Å². The van der Waals surface area contributed by atoms with Gasteiger partial charge in [-0.15, -0.1) is 0 Å². The van der Waals surface area contributed by atoms with Crippen molar-refractivity contribution in [1.82, 2.24) is 9.88 Å². The third-order valence-electron chi connectivity index (χ3n) is 3.50. The zero-order valence-electron chi connectivity index (χ0n) is 14.3. The summed E-state index contributed by atoms with van der Waals surface area (Å²) in [5.41, 5.74) is 6.18. The topological polar surface area (TPSA) is 85.5 Å². The van der Waals surface area contributed by atoms with Crippen LogP contribution >= 0.6 is 0 Å². The molecule has 6 nitrogen and oxygen atoms in total. The Hall–Kier alpha value is -3.10. The molecule has 0 aliphatic heterocycles. The van der Waals surface area contributed by atoms with Crippen molar-refractivity contribution in [3.63, 3.8) is 0 Å². The quantitative estimate of drug-likeness (QED) is 0.762. The number of primary amides is 1. The normalized spacial score (nSPS) is 11.1. The lowest BCUT2D eigenvalue weighted by Gasteiger charge is -2.22. The van der Waals surface area contributed by atoms with Crippen molar-refractivity contribution in [2.45, 2.75) is 19.1 Å². The van der Waals surface area contributed by atoms with E-state index in [1.807, 2.05) is 30.3 Å². The minimum Gasteiger partial charge on any atom is -0.468 e. The van der Waals surface area contributed by atoms with Gasteiger partial charge in [-0.3, -0.25) is 9.59 Å². The number of hydrogen-bond acceptors (Lipinski definition) is 4. The van der Waals surface area contributed by atoms with Crippen LogP contribution in [0.1, 0.15) is 22.3 Å². The number of pyridine rings is 1. The predicted molar refractivity (Wildman–Crippen MR) is 90.8 cm³/mol. The number of carbonyl (C=O) groups is 2. The first-order chi connectivity index (χ1) is 12.7. The molecular weight excluding hydrogens is 363 g/mol. The van der Waals surface area contributed by atoms with Crippen molar-refractivity contribution >= 4 is 11.8 Å². The Labute approximate surface area is 153 Å². The lowest BCUT2D eigenvalue weighted by Crippen LogP contribution is -2.33. The van der Waals surface area contributed by atoms with E-state index < -0.39 is 24.6 Å². The smallest absolute Gasteiger partial charge is 0.422 e. The third kappa shape index (κ3) is 6.96. The Kier molecular flexibility index (Phi) is 6.75. The van der Waals surface area contributed by atoms with Crippen molar-refractivity contribution in [1.29, 1.82) is 0 Å². The van der Waals surface area contributed by atoms with Crippen LogP contribution in [0.15, 0.2) is 48.7 Å². The summed E-state index contributed by atoms with van der Waals surface area (Å²) >= 11 is 0. The second-order valence-corrected chi connectivity index (χ2v) is 5.72. The van der Waals surface area contributed by atoms with Crippen LogP contribution in [-0.2, 0) is 11.3 Å². The fourth-order valence-corrected chi connectivity index (χ4v) is 2.23. The van der Waals surface area contributed by atoms with Crippen LogP contribution in [0.3, 0.4) is 0 Å². The van der Waals surface area contributed by atoms with Gasteiger partial charge in [0.15, 0.2) is 6.61 Å². The molecule has 144 valence electrons. The highest BCUT2D eigenvalue weighted by Crippen LogP contribution is 2.18. The number of rotatable bonds is 8. The summed E-state index contributed by atoms with van der Waals surface area (Å²) in [4.78, 5) is 28.9. The average molecular weight is 381 g/mol. The maximum Gasteiger partial charge on any atom is 0.422 e. The van der Waals surface area contributed by atoms with Gasteiger partial charge in [0.25, 0.3) is 5.91 Å². The molecule has 2 amide bonds. The van der Waals surface area contributed by atoms with Crippen LogP contribution in [0, 0.1) is 0 Å².